The van der Waals surface area contributed by atoms with E-state index in [-0.39, 0.29) is 5.78 Å². The fourth-order valence-corrected chi connectivity index (χ4v) is 4.55. The Balaban J connectivity index is 1.77. The fourth-order valence-electron chi connectivity index (χ4n) is 3.21. The number of thiophene rings is 1. The molecule has 1 aliphatic carbocycles. The summed E-state index contributed by atoms with van der Waals surface area (Å²) in [6.45, 7) is 3.85. The Kier molecular flexibility index (Phi) is 3.81. The second kappa shape index (κ2) is 5.98. The molecule has 2 heterocycles. The van der Waals surface area contributed by atoms with Gasteiger partial charge in [0.25, 0.3) is 0 Å². The number of aromatic nitrogens is 2. The minimum Gasteiger partial charge on any atom is -0.438 e. The molecule has 0 aliphatic heterocycles. The summed E-state index contributed by atoms with van der Waals surface area (Å²) in [4.78, 5) is 22.8. The third kappa shape index (κ3) is 2.69. The molecule has 3 aromatic rings. The van der Waals surface area contributed by atoms with Gasteiger partial charge < -0.3 is 4.74 Å². The van der Waals surface area contributed by atoms with Gasteiger partial charge in [-0.3, -0.25) is 4.79 Å². The third-order valence-electron chi connectivity index (χ3n) is 4.51. The van der Waals surface area contributed by atoms with E-state index in [0.717, 1.165) is 29.0 Å². The van der Waals surface area contributed by atoms with Crippen molar-refractivity contribution in [3.63, 3.8) is 0 Å². The molecule has 0 spiro atoms. The number of Topliss-reactive ketones (excluding diaryl/α,β-unsaturated/α-hetero) is 1. The van der Waals surface area contributed by atoms with Gasteiger partial charge in [0.05, 0.1) is 5.39 Å². The normalized spacial score (nSPS) is 16.8. The molecule has 0 radical (unpaired) electrons. The molecule has 0 bridgehead atoms. The summed E-state index contributed by atoms with van der Waals surface area (Å²) >= 11 is 1.75. The van der Waals surface area contributed by atoms with Crippen molar-refractivity contribution >= 4 is 27.3 Å². The third-order valence-corrected chi connectivity index (χ3v) is 5.67. The van der Waals surface area contributed by atoms with E-state index >= 15 is 0 Å². The first kappa shape index (κ1) is 15.3. The molecule has 1 unspecified atom stereocenters. The van der Waals surface area contributed by atoms with Crippen LogP contribution in [0.25, 0.3) is 10.2 Å². The van der Waals surface area contributed by atoms with Crippen LogP contribution in [0.15, 0.2) is 30.6 Å². The highest BCUT2D eigenvalue weighted by Crippen LogP contribution is 2.41. The number of hydrogen-bond acceptors (Lipinski definition) is 5. The number of benzene rings is 1. The lowest BCUT2D eigenvalue weighted by Gasteiger charge is -2.18. The van der Waals surface area contributed by atoms with E-state index in [0.29, 0.717) is 17.2 Å². The lowest BCUT2D eigenvalue weighted by molar-refractivity contribution is 0.101. The summed E-state index contributed by atoms with van der Waals surface area (Å²) in [7, 11) is 0. The van der Waals surface area contributed by atoms with Crippen molar-refractivity contribution in [2.75, 3.05) is 0 Å². The van der Waals surface area contributed by atoms with Gasteiger partial charge in [-0.05, 0) is 49.8 Å². The van der Waals surface area contributed by atoms with Crippen LogP contribution in [0.2, 0.25) is 0 Å². The Morgan fingerprint density at radius 1 is 1.33 bits per heavy atom. The Hall–Kier alpha value is -2.27. The highest BCUT2D eigenvalue weighted by Gasteiger charge is 2.23. The van der Waals surface area contributed by atoms with Crippen molar-refractivity contribution in [2.45, 2.75) is 33.1 Å². The largest absolute Gasteiger partial charge is 0.438 e. The average molecular weight is 338 g/mol. The van der Waals surface area contributed by atoms with E-state index in [1.54, 1.807) is 36.7 Å². The molecule has 0 amide bonds. The SMILES string of the molecule is CC(=O)c1cccc(Oc2ncnc3sc4c(c23)CCC(C)C4)c1. The number of ketones is 1. The molecular weight excluding hydrogens is 320 g/mol. The van der Waals surface area contributed by atoms with Crippen LogP contribution in [-0.4, -0.2) is 15.8 Å². The maximum absolute atomic E-state index is 11.6. The van der Waals surface area contributed by atoms with Gasteiger partial charge in [0.2, 0.25) is 5.88 Å². The summed E-state index contributed by atoms with van der Waals surface area (Å²) in [6, 6.07) is 7.23. The van der Waals surface area contributed by atoms with Crippen LogP contribution in [0.4, 0.5) is 0 Å². The Labute approximate surface area is 144 Å². The first-order valence-electron chi connectivity index (χ1n) is 8.16. The van der Waals surface area contributed by atoms with E-state index in [4.69, 9.17) is 4.74 Å². The van der Waals surface area contributed by atoms with Crippen molar-refractivity contribution in [3.8, 4) is 11.6 Å². The molecule has 0 fully saturated rings. The van der Waals surface area contributed by atoms with Crippen molar-refractivity contribution in [1.82, 2.24) is 9.97 Å². The first-order chi connectivity index (χ1) is 11.6. The summed E-state index contributed by atoms with van der Waals surface area (Å²) in [6.07, 6.45) is 4.90. The molecule has 4 nitrogen and oxygen atoms in total. The quantitative estimate of drug-likeness (QED) is 0.643. The average Bonchev–Trinajstić information content (AvgIpc) is 2.93. The second-order valence-electron chi connectivity index (χ2n) is 6.40. The van der Waals surface area contributed by atoms with Crippen molar-refractivity contribution in [1.29, 1.82) is 0 Å². The Morgan fingerprint density at radius 3 is 3.04 bits per heavy atom. The van der Waals surface area contributed by atoms with E-state index in [9.17, 15) is 4.79 Å². The topological polar surface area (TPSA) is 52.1 Å². The molecule has 24 heavy (non-hydrogen) atoms. The number of rotatable bonds is 3. The number of nitrogens with zero attached hydrogens (tertiary/aromatic N) is 2. The number of hydrogen-bond donors (Lipinski definition) is 0. The molecule has 122 valence electrons. The summed E-state index contributed by atoms with van der Waals surface area (Å²) in [5.41, 5.74) is 1.98. The zero-order valence-corrected chi connectivity index (χ0v) is 14.5. The molecule has 4 rings (SSSR count). The van der Waals surface area contributed by atoms with Crippen LogP contribution in [0, 0.1) is 5.92 Å². The van der Waals surface area contributed by atoms with Gasteiger partial charge in [0, 0.05) is 10.4 Å². The highest BCUT2D eigenvalue weighted by atomic mass is 32.1. The standard InChI is InChI=1S/C19H18N2O2S/c1-11-6-7-15-16(8-11)24-19-17(15)18(20-10-21-19)23-14-5-3-4-13(9-14)12(2)22/h3-5,9-11H,6-8H2,1-2H3. The maximum Gasteiger partial charge on any atom is 0.231 e. The zero-order valence-electron chi connectivity index (χ0n) is 13.7. The molecule has 1 atom stereocenters. The molecule has 1 aliphatic rings. The van der Waals surface area contributed by atoms with E-state index < -0.39 is 0 Å². The van der Waals surface area contributed by atoms with Crippen molar-refractivity contribution in [3.05, 3.63) is 46.6 Å². The molecule has 0 N–H and O–H groups in total. The van der Waals surface area contributed by atoms with E-state index in [1.807, 2.05) is 12.1 Å². The van der Waals surface area contributed by atoms with Crippen LogP contribution >= 0.6 is 11.3 Å². The van der Waals surface area contributed by atoms with Gasteiger partial charge in [0.15, 0.2) is 5.78 Å². The van der Waals surface area contributed by atoms with Crippen LogP contribution in [0.1, 0.15) is 41.1 Å². The van der Waals surface area contributed by atoms with Gasteiger partial charge in [-0.2, -0.15) is 0 Å². The molecule has 2 aromatic heterocycles. The zero-order chi connectivity index (χ0) is 16.7. The van der Waals surface area contributed by atoms with Crippen LogP contribution in [0.3, 0.4) is 0 Å². The predicted molar refractivity (Wildman–Crippen MR) is 95.1 cm³/mol. The fraction of sp³-hybridized carbons (Fsp3) is 0.316. The number of fused-ring (bicyclic) bond motifs is 3. The lowest BCUT2D eigenvalue weighted by atomic mass is 9.89. The number of aryl methyl sites for hydroxylation is 1. The smallest absolute Gasteiger partial charge is 0.231 e. The van der Waals surface area contributed by atoms with E-state index in [2.05, 4.69) is 16.9 Å². The lowest BCUT2D eigenvalue weighted by Crippen LogP contribution is -2.08. The van der Waals surface area contributed by atoms with Gasteiger partial charge in [-0.25, -0.2) is 9.97 Å². The first-order valence-corrected chi connectivity index (χ1v) is 8.97. The molecular formula is C19H18N2O2S. The minimum atomic E-state index is 0.0233. The molecule has 1 aromatic carbocycles. The van der Waals surface area contributed by atoms with Crippen LogP contribution in [-0.2, 0) is 12.8 Å². The predicted octanol–water partition coefficient (Wildman–Crippen LogP) is 4.81. The maximum atomic E-state index is 11.6. The number of ether oxygens (including phenoxy) is 1. The summed E-state index contributed by atoms with van der Waals surface area (Å²) in [5.74, 6) is 1.96. The monoisotopic (exact) mass is 338 g/mol. The Bertz CT molecular complexity index is 932. The number of carbonyl (C=O) groups is 1. The summed E-state index contributed by atoms with van der Waals surface area (Å²) < 4.78 is 6.04. The van der Waals surface area contributed by atoms with Crippen LogP contribution in [0.5, 0.6) is 11.6 Å². The minimum absolute atomic E-state index is 0.0233. The highest BCUT2D eigenvalue weighted by molar-refractivity contribution is 7.18. The van der Waals surface area contributed by atoms with Gasteiger partial charge in [-0.1, -0.05) is 19.1 Å². The van der Waals surface area contributed by atoms with Gasteiger partial charge in [-0.15, -0.1) is 11.3 Å². The van der Waals surface area contributed by atoms with Crippen molar-refractivity contribution < 1.29 is 9.53 Å². The van der Waals surface area contributed by atoms with Gasteiger partial charge in [0.1, 0.15) is 16.9 Å². The van der Waals surface area contributed by atoms with Crippen molar-refractivity contribution in [2.24, 2.45) is 5.92 Å². The van der Waals surface area contributed by atoms with E-state index in [1.165, 1.54) is 16.9 Å². The van der Waals surface area contributed by atoms with Gasteiger partial charge >= 0.3 is 0 Å². The second-order valence-corrected chi connectivity index (χ2v) is 7.48. The Morgan fingerprint density at radius 2 is 2.21 bits per heavy atom. The summed E-state index contributed by atoms with van der Waals surface area (Å²) in [5, 5.41) is 1.04. The molecule has 0 saturated heterocycles. The number of carbonyl (C=O) groups excluding carboxylic acids is 1. The molecule has 0 saturated carbocycles. The van der Waals surface area contributed by atoms with Crippen LogP contribution < -0.4 is 4.74 Å². The molecule has 5 heteroatoms.